The first-order valence-corrected chi connectivity index (χ1v) is 11.7. The first-order chi connectivity index (χ1) is 17.7. The third-order valence-corrected chi connectivity index (χ3v) is 6.05. The minimum absolute atomic E-state index is 0.178. The van der Waals surface area contributed by atoms with E-state index in [2.05, 4.69) is 4.98 Å². The summed E-state index contributed by atoms with van der Waals surface area (Å²) < 4.78 is 49.9. The molecule has 4 rings (SSSR count). The number of hydrogen-bond donors (Lipinski definition) is 0. The number of hydrogen-bond acceptors (Lipinski definition) is 8. The summed E-state index contributed by atoms with van der Waals surface area (Å²) in [6.45, 7) is 3.49. The third kappa shape index (κ3) is 5.91. The van der Waals surface area contributed by atoms with E-state index in [1.54, 1.807) is 31.2 Å². The zero-order valence-electron chi connectivity index (χ0n) is 20.4. The number of carbonyl (C=O) groups excluding carboxylic acids is 1. The van der Waals surface area contributed by atoms with Crippen LogP contribution in [-0.4, -0.2) is 61.9 Å². The zero-order valence-corrected chi connectivity index (χ0v) is 20.4. The lowest BCUT2D eigenvalue weighted by molar-refractivity contribution is -0.151. The molecule has 1 fully saturated rings. The van der Waals surface area contributed by atoms with Crippen LogP contribution in [0.25, 0.3) is 11.0 Å². The summed E-state index contributed by atoms with van der Waals surface area (Å²) in [5.74, 6) is -1.68. The molecule has 0 aliphatic carbocycles. The molecule has 0 unspecified atom stereocenters. The van der Waals surface area contributed by atoms with Gasteiger partial charge in [0.25, 0.3) is 0 Å². The molecule has 8 nitrogen and oxygen atoms in total. The Hall–Kier alpha value is -3.91. The number of anilines is 2. The summed E-state index contributed by atoms with van der Waals surface area (Å²) in [6, 6.07) is 14.4. The van der Waals surface area contributed by atoms with Crippen molar-refractivity contribution in [2.75, 3.05) is 49.7 Å². The maximum Gasteiger partial charge on any atom is 0.416 e. The van der Waals surface area contributed by atoms with Crippen LogP contribution >= 0.6 is 0 Å². The van der Waals surface area contributed by atoms with E-state index in [0.717, 1.165) is 12.1 Å². The predicted molar refractivity (Wildman–Crippen MR) is 131 cm³/mol. The average Bonchev–Trinajstić information content (AvgIpc) is 2.88. The highest BCUT2D eigenvalue weighted by molar-refractivity contribution is 5.85. The number of piperazine rings is 1. The number of nitrogens with zero attached hydrogens (tertiary/aromatic N) is 5. The fourth-order valence-electron chi connectivity index (χ4n) is 4.25. The van der Waals surface area contributed by atoms with Crippen molar-refractivity contribution < 1.29 is 27.4 Å². The van der Waals surface area contributed by atoms with Gasteiger partial charge >= 0.3 is 12.1 Å². The SMILES string of the molecule is COC[C@H](C)OC(=O)[C@H](C#N)c1nc2ccccc2nc1N1CCN(c2cccc(C(F)(F)F)c2)CC1. The van der Waals surface area contributed by atoms with E-state index in [1.165, 1.54) is 13.2 Å². The summed E-state index contributed by atoms with van der Waals surface area (Å²) in [5.41, 5.74) is 1.09. The van der Waals surface area contributed by atoms with Gasteiger partial charge in [-0.3, -0.25) is 4.79 Å². The monoisotopic (exact) mass is 513 g/mol. The molecule has 0 N–H and O–H groups in total. The van der Waals surface area contributed by atoms with E-state index in [4.69, 9.17) is 14.5 Å². The lowest BCUT2D eigenvalue weighted by Crippen LogP contribution is -2.47. The highest BCUT2D eigenvalue weighted by Gasteiger charge is 2.33. The molecule has 2 aromatic carbocycles. The van der Waals surface area contributed by atoms with Crippen LogP contribution in [0.4, 0.5) is 24.7 Å². The van der Waals surface area contributed by atoms with Gasteiger partial charge in [-0.2, -0.15) is 18.4 Å². The van der Waals surface area contributed by atoms with Gasteiger partial charge in [-0.05, 0) is 37.3 Å². The Labute approximate surface area is 212 Å². The number of methoxy groups -OCH3 is 1. The molecule has 37 heavy (non-hydrogen) atoms. The number of halogens is 3. The van der Waals surface area contributed by atoms with Gasteiger partial charge in [0.2, 0.25) is 0 Å². The van der Waals surface area contributed by atoms with Crippen LogP contribution in [-0.2, 0) is 20.4 Å². The standard InChI is InChI=1S/C26H26F3N5O3/c1-17(16-36-2)37-25(35)20(15-30)23-24(32-22-9-4-3-8-21(22)31-23)34-12-10-33(11-13-34)19-7-5-6-18(14-19)26(27,28)29/h3-9,14,17,20H,10-13,16H2,1-2H3/t17-,20+/m0/s1. The fourth-order valence-corrected chi connectivity index (χ4v) is 4.25. The van der Waals surface area contributed by atoms with E-state index in [1.807, 2.05) is 21.9 Å². The Morgan fingerprint density at radius 1 is 1.05 bits per heavy atom. The molecule has 11 heteroatoms. The molecular formula is C26H26F3N5O3. The van der Waals surface area contributed by atoms with Gasteiger partial charge in [0.05, 0.1) is 29.3 Å². The van der Waals surface area contributed by atoms with Crippen molar-refractivity contribution in [2.24, 2.45) is 0 Å². The van der Waals surface area contributed by atoms with E-state index in [0.29, 0.717) is 48.7 Å². The molecule has 1 aliphatic heterocycles. The molecule has 3 aromatic rings. The van der Waals surface area contributed by atoms with Gasteiger partial charge in [-0.15, -0.1) is 0 Å². The summed E-state index contributed by atoms with van der Waals surface area (Å²) in [4.78, 5) is 26.0. The number of nitriles is 1. The minimum Gasteiger partial charge on any atom is -0.459 e. The molecule has 194 valence electrons. The molecule has 1 aromatic heterocycles. The van der Waals surface area contributed by atoms with Crippen LogP contribution in [0.1, 0.15) is 24.1 Å². The maximum atomic E-state index is 13.2. The molecule has 0 amide bonds. The second-order valence-corrected chi connectivity index (χ2v) is 8.71. The lowest BCUT2D eigenvalue weighted by Gasteiger charge is -2.37. The smallest absolute Gasteiger partial charge is 0.416 e. The van der Waals surface area contributed by atoms with Crippen molar-refractivity contribution in [3.63, 3.8) is 0 Å². The minimum atomic E-state index is -4.42. The molecule has 0 radical (unpaired) electrons. The number of ether oxygens (including phenoxy) is 2. The van der Waals surface area contributed by atoms with Crippen molar-refractivity contribution in [3.8, 4) is 6.07 Å². The van der Waals surface area contributed by atoms with Gasteiger partial charge in [0.15, 0.2) is 11.7 Å². The van der Waals surface area contributed by atoms with Crippen molar-refractivity contribution in [1.29, 1.82) is 5.26 Å². The average molecular weight is 514 g/mol. The fraction of sp³-hybridized carbons (Fsp3) is 0.385. The van der Waals surface area contributed by atoms with Crippen LogP contribution in [0.15, 0.2) is 48.5 Å². The first kappa shape index (κ1) is 26.2. The Balaban J connectivity index is 1.61. The molecule has 0 spiro atoms. The van der Waals surface area contributed by atoms with Crippen LogP contribution in [0, 0.1) is 11.3 Å². The quantitative estimate of drug-likeness (QED) is 0.435. The summed E-state index contributed by atoms with van der Waals surface area (Å²) in [6.07, 6.45) is -4.98. The summed E-state index contributed by atoms with van der Waals surface area (Å²) in [7, 11) is 1.48. The van der Waals surface area contributed by atoms with Crippen molar-refractivity contribution in [3.05, 3.63) is 59.8 Å². The molecular weight excluding hydrogens is 487 g/mol. The maximum absolute atomic E-state index is 13.2. The molecule has 2 atom stereocenters. The number of benzene rings is 2. The van der Waals surface area contributed by atoms with Crippen LogP contribution < -0.4 is 9.80 Å². The first-order valence-electron chi connectivity index (χ1n) is 11.7. The third-order valence-electron chi connectivity index (χ3n) is 6.05. The number of alkyl halides is 3. The van der Waals surface area contributed by atoms with Crippen LogP contribution in [0.5, 0.6) is 0 Å². The van der Waals surface area contributed by atoms with E-state index in [9.17, 15) is 23.2 Å². The van der Waals surface area contributed by atoms with Crippen molar-refractivity contribution in [1.82, 2.24) is 9.97 Å². The molecule has 1 aliphatic rings. The Bertz CT molecular complexity index is 1300. The van der Waals surface area contributed by atoms with Crippen LogP contribution in [0.2, 0.25) is 0 Å². The van der Waals surface area contributed by atoms with Gasteiger partial charge in [-0.25, -0.2) is 9.97 Å². The molecule has 2 heterocycles. The molecule has 0 bridgehead atoms. The Kier molecular flexibility index (Phi) is 7.78. The van der Waals surface area contributed by atoms with Crippen molar-refractivity contribution in [2.45, 2.75) is 25.1 Å². The number of esters is 1. The Morgan fingerprint density at radius 2 is 1.70 bits per heavy atom. The highest BCUT2D eigenvalue weighted by Crippen LogP contribution is 2.33. The lowest BCUT2D eigenvalue weighted by atomic mass is 10.1. The zero-order chi connectivity index (χ0) is 26.6. The number of para-hydroxylation sites is 2. The van der Waals surface area contributed by atoms with Gasteiger partial charge in [-0.1, -0.05) is 18.2 Å². The molecule has 1 saturated heterocycles. The second kappa shape index (κ2) is 11.0. The van der Waals surface area contributed by atoms with Gasteiger partial charge in [0.1, 0.15) is 11.8 Å². The van der Waals surface area contributed by atoms with E-state index < -0.39 is 29.7 Å². The molecule has 0 saturated carbocycles. The van der Waals surface area contributed by atoms with Gasteiger partial charge < -0.3 is 19.3 Å². The van der Waals surface area contributed by atoms with E-state index >= 15 is 0 Å². The Morgan fingerprint density at radius 3 is 2.32 bits per heavy atom. The summed E-state index contributed by atoms with van der Waals surface area (Å²) >= 11 is 0. The number of rotatable bonds is 7. The largest absolute Gasteiger partial charge is 0.459 e. The normalized spacial score (nSPS) is 15.8. The van der Waals surface area contributed by atoms with E-state index in [-0.39, 0.29) is 12.3 Å². The number of carbonyl (C=O) groups is 1. The number of fused-ring (bicyclic) bond motifs is 1. The highest BCUT2D eigenvalue weighted by atomic mass is 19.4. The predicted octanol–water partition coefficient (Wildman–Crippen LogP) is 4.16. The number of aromatic nitrogens is 2. The van der Waals surface area contributed by atoms with Gasteiger partial charge in [0, 0.05) is 39.0 Å². The van der Waals surface area contributed by atoms with Crippen molar-refractivity contribution >= 4 is 28.5 Å². The topological polar surface area (TPSA) is 91.6 Å². The summed E-state index contributed by atoms with van der Waals surface area (Å²) in [5, 5.41) is 9.90. The van der Waals surface area contributed by atoms with Crippen LogP contribution in [0.3, 0.4) is 0 Å². The second-order valence-electron chi connectivity index (χ2n) is 8.71.